The van der Waals surface area contributed by atoms with Gasteiger partial charge in [0.1, 0.15) is 0 Å². The highest BCUT2D eigenvalue weighted by Crippen LogP contribution is 2.25. The van der Waals surface area contributed by atoms with Gasteiger partial charge in [-0.3, -0.25) is 4.79 Å². The molecule has 0 aromatic heterocycles. The zero-order valence-corrected chi connectivity index (χ0v) is 13.5. The van der Waals surface area contributed by atoms with E-state index in [4.69, 9.17) is 5.53 Å². The van der Waals surface area contributed by atoms with Crippen LogP contribution in [-0.4, -0.2) is 13.1 Å². The standard InChI is InChI=1S/C17H25N3O2/c1-3-4-5-8-16(19-20-18)15-12-10-14(11-13-15)7-6-9-17(21)22-2/h10-13,16H,3-9H2,1-2H3. The smallest absolute Gasteiger partial charge is 0.305 e. The maximum Gasteiger partial charge on any atom is 0.305 e. The minimum Gasteiger partial charge on any atom is -0.469 e. The van der Waals surface area contributed by atoms with E-state index in [0.717, 1.165) is 44.1 Å². The van der Waals surface area contributed by atoms with Crippen LogP contribution < -0.4 is 0 Å². The van der Waals surface area contributed by atoms with E-state index in [1.165, 1.54) is 12.7 Å². The topological polar surface area (TPSA) is 75.1 Å². The van der Waals surface area contributed by atoms with Crippen LogP contribution in [0.2, 0.25) is 0 Å². The van der Waals surface area contributed by atoms with E-state index in [1.807, 2.05) is 24.3 Å². The van der Waals surface area contributed by atoms with Gasteiger partial charge in [0.25, 0.3) is 0 Å². The summed E-state index contributed by atoms with van der Waals surface area (Å²) in [7, 11) is 1.41. The molecule has 0 saturated heterocycles. The van der Waals surface area contributed by atoms with Gasteiger partial charge < -0.3 is 4.74 Å². The van der Waals surface area contributed by atoms with Crippen molar-refractivity contribution >= 4 is 5.97 Å². The zero-order chi connectivity index (χ0) is 16.2. The molecule has 1 rings (SSSR count). The van der Waals surface area contributed by atoms with Crippen LogP contribution in [0.5, 0.6) is 0 Å². The summed E-state index contributed by atoms with van der Waals surface area (Å²) in [6.45, 7) is 2.16. The molecule has 1 aromatic carbocycles. The van der Waals surface area contributed by atoms with Gasteiger partial charge in [0, 0.05) is 11.3 Å². The van der Waals surface area contributed by atoms with Crippen LogP contribution in [0.3, 0.4) is 0 Å². The molecule has 0 aliphatic heterocycles. The maximum atomic E-state index is 11.1. The van der Waals surface area contributed by atoms with E-state index in [-0.39, 0.29) is 12.0 Å². The molecule has 0 aliphatic rings. The molecule has 0 aliphatic carbocycles. The molecule has 0 fully saturated rings. The average Bonchev–Trinajstić information content (AvgIpc) is 2.55. The van der Waals surface area contributed by atoms with E-state index in [0.29, 0.717) is 6.42 Å². The molecular weight excluding hydrogens is 278 g/mol. The van der Waals surface area contributed by atoms with Crippen LogP contribution in [0.1, 0.15) is 62.6 Å². The average molecular weight is 303 g/mol. The van der Waals surface area contributed by atoms with E-state index in [2.05, 4.69) is 21.7 Å². The first-order valence-corrected chi connectivity index (χ1v) is 7.91. The Balaban J connectivity index is 2.56. The molecule has 0 N–H and O–H groups in total. The summed E-state index contributed by atoms with van der Waals surface area (Å²) >= 11 is 0. The van der Waals surface area contributed by atoms with E-state index in [1.54, 1.807) is 0 Å². The Morgan fingerprint density at radius 2 is 2.00 bits per heavy atom. The van der Waals surface area contributed by atoms with Gasteiger partial charge in [-0.25, -0.2) is 0 Å². The third-order valence-corrected chi connectivity index (χ3v) is 3.71. The third kappa shape index (κ3) is 6.64. The van der Waals surface area contributed by atoms with Gasteiger partial charge in [-0.05, 0) is 35.9 Å². The first kappa shape index (κ1) is 18.1. The van der Waals surface area contributed by atoms with Crippen LogP contribution >= 0.6 is 0 Å². The number of esters is 1. The second-order valence-corrected chi connectivity index (χ2v) is 5.39. The minimum absolute atomic E-state index is 0.0827. The monoisotopic (exact) mass is 303 g/mol. The van der Waals surface area contributed by atoms with Crippen molar-refractivity contribution in [1.29, 1.82) is 0 Å². The summed E-state index contributed by atoms with van der Waals surface area (Å²) < 4.78 is 4.63. The molecule has 1 unspecified atom stereocenters. The summed E-state index contributed by atoms with van der Waals surface area (Å²) in [5, 5.41) is 3.91. The number of carbonyl (C=O) groups excluding carboxylic acids is 1. The lowest BCUT2D eigenvalue weighted by molar-refractivity contribution is -0.140. The van der Waals surface area contributed by atoms with Crippen molar-refractivity contribution in [3.05, 3.63) is 45.8 Å². The van der Waals surface area contributed by atoms with Gasteiger partial charge in [0.15, 0.2) is 0 Å². The van der Waals surface area contributed by atoms with E-state index < -0.39 is 0 Å². The maximum absolute atomic E-state index is 11.1. The van der Waals surface area contributed by atoms with Gasteiger partial charge >= 0.3 is 5.97 Å². The van der Waals surface area contributed by atoms with Crippen molar-refractivity contribution in [2.75, 3.05) is 7.11 Å². The summed E-state index contributed by atoms with van der Waals surface area (Å²) in [4.78, 5) is 14.0. The van der Waals surface area contributed by atoms with Crippen LogP contribution in [0.4, 0.5) is 0 Å². The highest BCUT2D eigenvalue weighted by Gasteiger charge is 2.09. The first-order chi connectivity index (χ1) is 10.7. The third-order valence-electron chi connectivity index (χ3n) is 3.71. The van der Waals surface area contributed by atoms with E-state index >= 15 is 0 Å². The molecule has 1 aromatic rings. The second-order valence-electron chi connectivity index (χ2n) is 5.39. The normalized spacial score (nSPS) is 11.5. The number of benzene rings is 1. The van der Waals surface area contributed by atoms with Crippen LogP contribution in [0.15, 0.2) is 29.4 Å². The van der Waals surface area contributed by atoms with Crippen molar-refractivity contribution < 1.29 is 9.53 Å². The fourth-order valence-electron chi connectivity index (χ4n) is 2.39. The molecule has 0 saturated carbocycles. The molecule has 120 valence electrons. The number of azide groups is 1. The molecule has 5 heteroatoms. The lowest BCUT2D eigenvalue weighted by Crippen LogP contribution is -2.00. The molecule has 0 amide bonds. The number of aryl methyl sites for hydroxylation is 1. The lowest BCUT2D eigenvalue weighted by Gasteiger charge is -2.12. The highest BCUT2D eigenvalue weighted by molar-refractivity contribution is 5.69. The molecule has 0 bridgehead atoms. The Bertz CT molecular complexity index is 493. The van der Waals surface area contributed by atoms with Crippen molar-refractivity contribution in [3.63, 3.8) is 0 Å². The number of ether oxygens (including phenoxy) is 1. The summed E-state index contributed by atoms with van der Waals surface area (Å²) in [5.41, 5.74) is 11.0. The van der Waals surface area contributed by atoms with Crippen LogP contribution in [0, 0.1) is 0 Å². The van der Waals surface area contributed by atoms with Gasteiger partial charge in [-0.15, -0.1) is 0 Å². The number of hydrogen-bond donors (Lipinski definition) is 0. The number of unbranched alkanes of at least 4 members (excludes halogenated alkanes) is 2. The summed E-state index contributed by atoms with van der Waals surface area (Å²) in [6, 6.07) is 8.07. The predicted molar refractivity (Wildman–Crippen MR) is 87.4 cm³/mol. The van der Waals surface area contributed by atoms with Gasteiger partial charge in [-0.1, -0.05) is 55.6 Å². The SMILES string of the molecule is CCCCCC(N=[N+]=[N-])c1ccc(CCCC(=O)OC)cc1. The Morgan fingerprint density at radius 1 is 1.27 bits per heavy atom. The Hall–Kier alpha value is -2.00. The van der Waals surface area contributed by atoms with Crippen LogP contribution in [0.25, 0.3) is 10.4 Å². The number of nitrogens with zero attached hydrogens (tertiary/aromatic N) is 3. The molecule has 0 heterocycles. The molecular formula is C17H25N3O2. The minimum atomic E-state index is -0.170. The molecule has 0 spiro atoms. The number of methoxy groups -OCH3 is 1. The van der Waals surface area contributed by atoms with E-state index in [9.17, 15) is 4.79 Å². The quantitative estimate of drug-likeness (QED) is 0.198. The van der Waals surface area contributed by atoms with Gasteiger partial charge in [-0.2, -0.15) is 0 Å². The Kier molecular flexibility index (Phi) is 8.77. The van der Waals surface area contributed by atoms with Gasteiger partial charge in [0.05, 0.1) is 13.2 Å². The van der Waals surface area contributed by atoms with Crippen molar-refractivity contribution in [3.8, 4) is 0 Å². The molecule has 0 radical (unpaired) electrons. The fourth-order valence-corrected chi connectivity index (χ4v) is 2.39. The second kappa shape index (κ2) is 10.7. The summed E-state index contributed by atoms with van der Waals surface area (Å²) in [5.74, 6) is -0.170. The number of rotatable bonds is 10. The Labute approximate surface area is 132 Å². The highest BCUT2D eigenvalue weighted by atomic mass is 16.5. The lowest BCUT2D eigenvalue weighted by atomic mass is 9.99. The predicted octanol–water partition coefficient (Wildman–Crippen LogP) is 5.11. The van der Waals surface area contributed by atoms with Crippen molar-refractivity contribution in [2.45, 2.75) is 57.9 Å². The number of carbonyl (C=O) groups is 1. The first-order valence-electron chi connectivity index (χ1n) is 7.91. The Morgan fingerprint density at radius 3 is 2.59 bits per heavy atom. The van der Waals surface area contributed by atoms with Crippen molar-refractivity contribution in [1.82, 2.24) is 0 Å². The van der Waals surface area contributed by atoms with Crippen LogP contribution in [-0.2, 0) is 16.0 Å². The van der Waals surface area contributed by atoms with Crippen molar-refractivity contribution in [2.24, 2.45) is 5.11 Å². The molecule has 22 heavy (non-hydrogen) atoms. The summed E-state index contributed by atoms with van der Waals surface area (Å²) in [6.07, 6.45) is 6.34. The zero-order valence-electron chi connectivity index (χ0n) is 13.5. The largest absolute Gasteiger partial charge is 0.469 e. The fraction of sp³-hybridized carbons (Fsp3) is 0.588. The number of hydrogen-bond acceptors (Lipinski definition) is 3. The molecule has 5 nitrogen and oxygen atoms in total. The molecule has 1 atom stereocenters. The van der Waals surface area contributed by atoms with Gasteiger partial charge in [0.2, 0.25) is 0 Å².